The molecule has 0 aliphatic heterocycles. The van der Waals surface area contributed by atoms with Crippen LogP contribution in [-0.2, 0) is 4.79 Å². The van der Waals surface area contributed by atoms with Crippen LogP contribution in [0.1, 0.15) is 51.6 Å². The number of nitrogens with one attached hydrogen (secondary N) is 1. The molecule has 0 saturated heterocycles. The van der Waals surface area contributed by atoms with Crippen molar-refractivity contribution in [1.29, 1.82) is 0 Å². The van der Waals surface area contributed by atoms with Gasteiger partial charge in [-0.25, -0.2) is 4.39 Å². The van der Waals surface area contributed by atoms with E-state index in [1.54, 1.807) is 6.07 Å². The second-order valence-electron chi connectivity index (χ2n) is 5.96. The predicted molar refractivity (Wildman–Crippen MR) is 84.2 cm³/mol. The topological polar surface area (TPSA) is 55.1 Å². The molecule has 0 aromatic heterocycles. The van der Waals surface area contributed by atoms with Crippen molar-refractivity contribution >= 4 is 5.91 Å². The molecule has 118 valence electrons. The van der Waals surface area contributed by atoms with Crippen molar-refractivity contribution in [3.05, 3.63) is 35.6 Å². The van der Waals surface area contributed by atoms with Gasteiger partial charge in [-0.1, -0.05) is 26.0 Å². The Balaban J connectivity index is 2.46. The minimum Gasteiger partial charge on any atom is -0.350 e. The first kappa shape index (κ1) is 17.6. The smallest absolute Gasteiger partial charge is 0.220 e. The van der Waals surface area contributed by atoms with Crippen molar-refractivity contribution in [3.63, 3.8) is 0 Å². The maximum absolute atomic E-state index is 13.2. The molecular formula is C17H27FN2O. The van der Waals surface area contributed by atoms with E-state index >= 15 is 0 Å². The second kappa shape index (κ2) is 8.78. The molecule has 0 aliphatic rings. The van der Waals surface area contributed by atoms with E-state index in [1.165, 1.54) is 12.1 Å². The zero-order valence-electron chi connectivity index (χ0n) is 13.2. The number of hydrogen-bond acceptors (Lipinski definition) is 2. The molecule has 0 aliphatic carbocycles. The number of amides is 1. The molecule has 1 aromatic carbocycles. The summed E-state index contributed by atoms with van der Waals surface area (Å²) in [5, 5.41) is 2.92. The van der Waals surface area contributed by atoms with Crippen LogP contribution in [0.5, 0.6) is 0 Å². The van der Waals surface area contributed by atoms with Crippen molar-refractivity contribution in [2.45, 2.75) is 46.1 Å². The summed E-state index contributed by atoms with van der Waals surface area (Å²) in [6.45, 7) is 6.85. The third-order valence-corrected chi connectivity index (χ3v) is 3.95. The van der Waals surface area contributed by atoms with Crippen LogP contribution in [0.2, 0.25) is 0 Å². The number of halogens is 1. The fourth-order valence-corrected chi connectivity index (χ4v) is 2.51. The average molecular weight is 294 g/mol. The van der Waals surface area contributed by atoms with Crippen LogP contribution in [0.3, 0.4) is 0 Å². The molecule has 2 atom stereocenters. The van der Waals surface area contributed by atoms with Gasteiger partial charge in [0.1, 0.15) is 5.82 Å². The second-order valence-corrected chi connectivity index (χ2v) is 5.96. The Morgan fingerprint density at radius 2 is 2.00 bits per heavy atom. The zero-order chi connectivity index (χ0) is 15.8. The van der Waals surface area contributed by atoms with Gasteiger partial charge >= 0.3 is 0 Å². The van der Waals surface area contributed by atoms with Gasteiger partial charge in [0.05, 0.1) is 6.04 Å². The van der Waals surface area contributed by atoms with Gasteiger partial charge in [-0.2, -0.15) is 0 Å². The summed E-state index contributed by atoms with van der Waals surface area (Å²) in [6.07, 6.45) is 2.28. The molecule has 3 nitrogen and oxygen atoms in total. The molecule has 0 bridgehead atoms. The lowest BCUT2D eigenvalue weighted by Gasteiger charge is -2.20. The Bertz CT molecular complexity index is 448. The molecule has 1 amide bonds. The Hall–Kier alpha value is -1.42. The zero-order valence-corrected chi connectivity index (χ0v) is 13.2. The van der Waals surface area contributed by atoms with E-state index in [9.17, 15) is 9.18 Å². The van der Waals surface area contributed by atoms with Gasteiger partial charge in [0.25, 0.3) is 0 Å². The van der Waals surface area contributed by atoms with Gasteiger partial charge in [0.15, 0.2) is 0 Å². The molecule has 3 N–H and O–H groups in total. The summed E-state index contributed by atoms with van der Waals surface area (Å²) in [6, 6.07) is 6.15. The molecule has 0 fully saturated rings. The first-order valence-electron chi connectivity index (χ1n) is 7.69. The SMILES string of the molecule is CC(C)C(CCN)CCC(=O)N[C@@H](C)c1cccc(F)c1. The maximum atomic E-state index is 13.2. The van der Waals surface area contributed by atoms with Crippen LogP contribution in [0.4, 0.5) is 4.39 Å². The first-order valence-corrected chi connectivity index (χ1v) is 7.69. The van der Waals surface area contributed by atoms with Gasteiger partial charge in [-0.3, -0.25) is 4.79 Å². The average Bonchev–Trinajstić information content (AvgIpc) is 2.43. The number of rotatable bonds is 8. The molecule has 4 heteroatoms. The van der Waals surface area contributed by atoms with Crippen molar-refractivity contribution in [2.24, 2.45) is 17.6 Å². The predicted octanol–water partition coefficient (Wildman–Crippen LogP) is 3.40. The van der Waals surface area contributed by atoms with Gasteiger partial charge in [-0.15, -0.1) is 0 Å². The van der Waals surface area contributed by atoms with E-state index in [4.69, 9.17) is 5.73 Å². The van der Waals surface area contributed by atoms with Crippen LogP contribution >= 0.6 is 0 Å². The Labute approximate surface area is 127 Å². The standard InChI is InChI=1S/C17H27FN2O/c1-12(2)14(9-10-19)7-8-17(21)20-13(3)15-5-4-6-16(18)11-15/h4-6,11-14H,7-10,19H2,1-3H3,(H,20,21)/t13-,14?/m0/s1. The van der Waals surface area contributed by atoms with Crippen molar-refractivity contribution < 1.29 is 9.18 Å². The molecule has 0 radical (unpaired) electrons. The van der Waals surface area contributed by atoms with Crippen LogP contribution in [0, 0.1) is 17.7 Å². The summed E-state index contributed by atoms with van der Waals surface area (Å²) >= 11 is 0. The Kier molecular flexibility index (Phi) is 7.37. The van der Waals surface area contributed by atoms with E-state index in [0.717, 1.165) is 18.4 Å². The molecule has 1 unspecified atom stereocenters. The molecule has 21 heavy (non-hydrogen) atoms. The van der Waals surface area contributed by atoms with Gasteiger partial charge < -0.3 is 11.1 Å². The van der Waals surface area contributed by atoms with Crippen LogP contribution in [-0.4, -0.2) is 12.5 Å². The van der Waals surface area contributed by atoms with E-state index in [-0.39, 0.29) is 17.8 Å². The summed E-state index contributed by atoms with van der Waals surface area (Å²) < 4.78 is 13.2. The highest BCUT2D eigenvalue weighted by Gasteiger charge is 2.16. The number of carbonyl (C=O) groups is 1. The van der Waals surface area contributed by atoms with Crippen molar-refractivity contribution in [2.75, 3.05) is 6.54 Å². The highest BCUT2D eigenvalue weighted by atomic mass is 19.1. The van der Waals surface area contributed by atoms with E-state index < -0.39 is 0 Å². The fourth-order valence-electron chi connectivity index (χ4n) is 2.51. The minimum absolute atomic E-state index is 0.00873. The Morgan fingerprint density at radius 3 is 2.57 bits per heavy atom. The summed E-state index contributed by atoms with van der Waals surface area (Å²) in [5.41, 5.74) is 6.39. The normalized spacial score (nSPS) is 14.0. The summed E-state index contributed by atoms with van der Waals surface area (Å²) in [7, 11) is 0. The van der Waals surface area contributed by atoms with Gasteiger partial charge in [0.2, 0.25) is 5.91 Å². The molecule has 0 spiro atoms. The van der Waals surface area contributed by atoms with E-state index in [0.29, 0.717) is 24.8 Å². The Morgan fingerprint density at radius 1 is 1.29 bits per heavy atom. The molecule has 0 heterocycles. The molecule has 0 saturated carbocycles. The lowest BCUT2D eigenvalue weighted by atomic mass is 9.88. The minimum atomic E-state index is -0.281. The monoisotopic (exact) mass is 294 g/mol. The highest BCUT2D eigenvalue weighted by molar-refractivity contribution is 5.76. The first-order chi connectivity index (χ1) is 9.93. The van der Waals surface area contributed by atoms with Crippen LogP contribution in [0.15, 0.2) is 24.3 Å². The largest absolute Gasteiger partial charge is 0.350 e. The molecular weight excluding hydrogens is 267 g/mol. The fraction of sp³-hybridized carbons (Fsp3) is 0.588. The van der Waals surface area contributed by atoms with Crippen molar-refractivity contribution in [3.8, 4) is 0 Å². The van der Waals surface area contributed by atoms with Crippen LogP contribution in [0.25, 0.3) is 0 Å². The number of hydrogen-bond donors (Lipinski definition) is 2. The lowest BCUT2D eigenvalue weighted by molar-refractivity contribution is -0.122. The van der Waals surface area contributed by atoms with Crippen LogP contribution < -0.4 is 11.1 Å². The number of carbonyl (C=O) groups excluding carboxylic acids is 1. The highest BCUT2D eigenvalue weighted by Crippen LogP contribution is 2.21. The van der Waals surface area contributed by atoms with E-state index in [1.807, 2.05) is 13.0 Å². The summed E-state index contributed by atoms with van der Waals surface area (Å²) in [5.74, 6) is 0.734. The lowest BCUT2D eigenvalue weighted by Crippen LogP contribution is -2.27. The summed E-state index contributed by atoms with van der Waals surface area (Å²) in [4.78, 5) is 12.0. The molecule has 1 rings (SSSR count). The third-order valence-electron chi connectivity index (χ3n) is 3.95. The number of benzene rings is 1. The third kappa shape index (κ3) is 6.25. The quantitative estimate of drug-likeness (QED) is 0.772. The maximum Gasteiger partial charge on any atom is 0.220 e. The van der Waals surface area contributed by atoms with Gasteiger partial charge in [0, 0.05) is 6.42 Å². The van der Waals surface area contributed by atoms with Crippen molar-refractivity contribution in [1.82, 2.24) is 5.32 Å². The van der Waals surface area contributed by atoms with Gasteiger partial charge in [-0.05, 0) is 55.8 Å². The number of nitrogens with two attached hydrogens (primary N) is 1. The molecule has 1 aromatic rings. The van der Waals surface area contributed by atoms with E-state index in [2.05, 4.69) is 19.2 Å².